The Morgan fingerprint density at radius 1 is 1.12 bits per heavy atom. The SMILES string of the molecule is Cc1nn(S(=O)(=O)Oc2ccccc2S(C)(=O)=O)c2cc[c]cc12. The molecule has 24 heavy (non-hydrogen) atoms. The van der Waals surface area contributed by atoms with E-state index >= 15 is 0 Å². The predicted octanol–water partition coefficient (Wildman–Crippen LogP) is 1.72. The number of nitrogens with zero attached hydrogens (tertiary/aromatic N) is 2. The van der Waals surface area contributed by atoms with Crippen LogP contribution in [0.15, 0.2) is 47.4 Å². The van der Waals surface area contributed by atoms with E-state index in [0.717, 1.165) is 10.3 Å². The Morgan fingerprint density at radius 3 is 2.54 bits per heavy atom. The highest BCUT2D eigenvalue weighted by Crippen LogP contribution is 2.26. The molecule has 2 aromatic carbocycles. The average molecular weight is 365 g/mol. The van der Waals surface area contributed by atoms with Gasteiger partial charge in [0.25, 0.3) is 0 Å². The minimum absolute atomic E-state index is 0.213. The van der Waals surface area contributed by atoms with Gasteiger partial charge < -0.3 is 4.18 Å². The van der Waals surface area contributed by atoms with Crippen molar-refractivity contribution < 1.29 is 21.0 Å². The molecule has 3 rings (SSSR count). The summed E-state index contributed by atoms with van der Waals surface area (Å²) in [6.07, 6.45) is 0.977. The predicted molar refractivity (Wildman–Crippen MR) is 87.8 cm³/mol. The summed E-state index contributed by atoms with van der Waals surface area (Å²) in [6.45, 7) is 1.66. The van der Waals surface area contributed by atoms with E-state index in [1.54, 1.807) is 25.1 Å². The van der Waals surface area contributed by atoms with Gasteiger partial charge in [-0.15, -0.1) is 4.09 Å². The molecule has 0 unspecified atom stereocenters. The topological polar surface area (TPSA) is 95.3 Å². The summed E-state index contributed by atoms with van der Waals surface area (Å²) in [5.41, 5.74) is 0.813. The van der Waals surface area contributed by atoms with Gasteiger partial charge in [0.15, 0.2) is 15.6 Å². The van der Waals surface area contributed by atoms with E-state index in [4.69, 9.17) is 4.18 Å². The van der Waals surface area contributed by atoms with E-state index in [1.165, 1.54) is 24.3 Å². The van der Waals surface area contributed by atoms with E-state index in [1.807, 2.05) is 0 Å². The second-order valence-corrected chi connectivity index (χ2v) is 8.48. The number of sulfone groups is 1. The zero-order chi connectivity index (χ0) is 17.5. The number of rotatable bonds is 4. The van der Waals surface area contributed by atoms with Crippen molar-refractivity contribution in [1.29, 1.82) is 0 Å². The van der Waals surface area contributed by atoms with Crippen LogP contribution in [0, 0.1) is 13.0 Å². The van der Waals surface area contributed by atoms with Gasteiger partial charge in [-0.25, -0.2) is 8.42 Å². The summed E-state index contributed by atoms with van der Waals surface area (Å²) in [7, 11) is -8.02. The fourth-order valence-corrected chi connectivity index (χ4v) is 4.19. The minimum Gasteiger partial charge on any atom is -0.364 e. The number of aromatic nitrogens is 2. The van der Waals surface area contributed by atoms with Gasteiger partial charge in [-0.1, -0.05) is 18.2 Å². The first-order valence-corrected chi connectivity index (χ1v) is 10.1. The van der Waals surface area contributed by atoms with Crippen molar-refractivity contribution in [2.75, 3.05) is 6.26 Å². The zero-order valence-corrected chi connectivity index (χ0v) is 14.4. The first-order chi connectivity index (χ1) is 11.2. The lowest BCUT2D eigenvalue weighted by molar-refractivity contribution is 0.464. The second kappa shape index (κ2) is 5.60. The van der Waals surface area contributed by atoms with Gasteiger partial charge in [0.05, 0.1) is 11.2 Å². The zero-order valence-electron chi connectivity index (χ0n) is 12.8. The van der Waals surface area contributed by atoms with E-state index in [0.29, 0.717) is 16.6 Å². The van der Waals surface area contributed by atoms with Crippen LogP contribution in [0.2, 0.25) is 0 Å². The van der Waals surface area contributed by atoms with E-state index in [-0.39, 0.29) is 10.6 Å². The average Bonchev–Trinajstić information content (AvgIpc) is 2.85. The third-order valence-electron chi connectivity index (χ3n) is 3.33. The summed E-state index contributed by atoms with van der Waals surface area (Å²) in [4.78, 5) is -0.213. The number of fused-ring (bicyclic) bond motifs is 1. The van der Waals surface area contributed by atoms with Crippen LogP contribution in [0.1, 0.15) is 5.69 Å². The molecule has 0 aliphatic rings. The highest BCUT2D eigenvalue weighted by atomic mass is 32.2. The lowest BCUT2D eigenvalue weighted by atomic mass is 10.2. The van der Waals surface area contributed by atoms with Crippen molar-refractivity contribution in [2.24, 2.45) is 0 Å². The minimum atomic E-state index is -4.37. The molecular weight excluding hydrogens is 352 g/mol. The first-order valence-electron chi connectivity index (χ1n) is 6.80. The number of hydrogen-bond donors (Lipinski definition) is 0. The monoisotopic (exact) mass is 365 g/mol. The molecule has 1 radical (unpaired) electrons. The molecule has 0 bridgehead atoms. The second-order valence-electron chi connectivity index (χ2n) is 5.13. The Kier molecular flexibility index (Phi) is 3.84. The van der Waals surface area contributed by atoms with Crippen LogP contribution in [0.3, 0.4) is 0 Å². The molecule has 125 valence electrons. The van der Waals surface area contributed by atoms with Crippen LogP contribution >= 0.6 is 0 Å². The van der Waals surface area contributed by atoms with Gasteiger partial charge >= 0.3 is 10.3 Å². The molecule has 3 aromatic rings. The van der Waals surface area contributed by atoms with E-state index < -0.39 is 20.1 Å². The van der Waals surface area contributed by atoms with E-state index in [2.05, 4.69) is 11.2 Å². The van der Waals surface area contributed by atoms with Crippen LogP contribution in [0.5, 0.6) is 5.75 Å². The number of para-hydroxylation sites is 1. The molecule has 9 heteroatoms. The molecule has 0 atom stereocenters. The molecule has 0 saturated heterocycles. The van der Waals surface area contributed by atoms with Gasteiger partial charge in [-0.3, -0.25) is 0 Å². The van der Waals surface area contributed by atoms with Crippen molar-refractivity contribution in [3.8, 4) is 5.75 Å². The standard InChI is InChI=1S/C15H13N2O5S2/c1-11-12-7-3-4-8-13(12)17(16-11)24(20,21)22-14-9-5-6-10-15(14)23(2,18)19/h4-10H,1-2H3. The molecule has 0 N–H and O–H groups in total. The van der Waals surface area contributed by atoms with Crippen molar-refractivity contribution >= 4 is 31.0 Å². The van der Waals surface area contributed by atoms with Crippen LogP contribution in [-0.4, -0.2) is 32.3 Å². The highest BCUT2D eigenvalue weighted by molar-refractivity contribution is 7.91. The maximum absolute atomic E-state index is 12.6. The Balaban J connectivity index is 2.14. The Bertz CT molecular complexity index is 1130. The van der Waals surface area contributed by atoms with Gasteiger partial charge in [0.2, 0.25) is 0 Å². The molecule has 7 nitrogen and oxygen atoms in total. The highest BCUT2D eigenvalue weighted by Gasteiger charge is 2.24. The van der Waals surface area contributed by atoms with Crippen LogP contribution in [-0.2, 0) is 20.1 Å². The van der Waals surface area contributed by atoms with E-state index in [9.17, 15) is 16.8 Å². The number of aryl methyl sites for hydroxylation is 1. The molecule has 1 heterocycles. The normalized spacial score (nSPS) is 12.4. The van der Waals surface area contributed by atoms with Gasteiger partial charge in [-0.2, -0.15) is 13.5 Å². The maximum atomic E-state index is 12.6. The molecule has 0 amide bonds. The lowest BCUT2D eigenvalue weighted by Gasteiger charge is -2.10. The largest absolute Gasteiger partial charge is 0.429 e. The summed E-state index contributed by atoms with van der Waals surface area (Å²) in [6, 6.07) is 13.1. The molecule has 0 fully saturated rings. The molecule has 0 saturated carbocycles. The smallest absolute Gasteiger partial charge is 0.364 e. The van der Waals surface area contributed by atoms with Gasteiger partial charge in [0, 0.05) is 11.6 Å². The Labute approximate surface area is 139 Å². The van der Waals surface area contributed by atoms with Crippen LogP contribution in [0.25, 0.3) is 10.9 Å². The quantitative estimate of drug-likeness (QED) is 0.699. The Hall–Kier alpha value is -2.39. The number of hydrogen-bond acceptors (Lipinski definition) is 6. The van der Waals surface area contributed by atoms with Crippen LogP contribution < -0.4 is 4.18 Å². The third kappa shape index (κ3) is 2.87. The molecule has 0 spiro atoms. The van der Waals surface area contributed by atoms with Crippen LogP contribution in [0.4, 0.5) is 0 Å². The van der Waals surface area contributed by atoms with Gasteiger partial charge in [-0.05, 0) is 37.3 Å². The molecular formula is C15H13N2O5S2. The van der Waals surface area contributed by atoms with Crippen molar-refractivity contribution in [3.05, 3.63) is 54.2 Å². The fraction of sp³-hybridized carbons (Fsp3) is 0.133. The first kappa shape index (κ1) is 16.5. The summed E-state index contributed by atoms with van der Waals surface area (Å²) < 4.78 is 54.5. The van der Waals surface area contributed by atoms with Gasteiger partial charge in [0.1, 0.15) is 4.90 Å². The third-order valence-corrected chi connectivity index (χ3v) is 5.56. The summed E-state index contributed by atoms with van der Waals surface area (Å²) in [5, 5.41) is 4.60. The van der Waals surface area contributed by atoms with Crippen molar-refractivity contribution in [2.45, 2.75) is 11.8 Å². The fourth-order valence-electron chi connectivity index (χ4n) is 2.27. The molecule has 1 aromatic heterocycles. The summed E-state index contributed by atoms with van der Waals surface area (Å²) in [5.74, 6) is -0.274. The maximum Gasteiger partial charge on any atom is 0.429 e. The summed E-state index contributed by atoms with van der Waals surface area (Å²) >= 11 is 0. The van der Waals surface area contributed by atoms with Crippen molar-refractivity contribution in [3.63, 3.8) is 0 Å². The Morgan fingerprint density at radius 2 is 1.83 bits per heavy atom. The molecule has 0 aliphatic heterocycles. The van der Waals surface area contributed by atoms with Crippen molar-refractivity contribution in [1.82, 2.24) is 9.19 Å². The molecule has 0 aliphatic carbocycles. The lowest BCUT2D eigenvalue weighted by Crippen LogP contribution is -2.21. The number of benzene rings is 2.